The number of ether oxygens (including phenoxy) is 1. The topological polar surface area (TPSA) is 86.9 Å². The monoisotopic (exact) mass is 450 g/mol. The van der Waals surface area contributed by atoms with Crippen molar-refractivity contribution in [2.45, 2.75) is 39.8 Å². The van der Waals surface area contributed by atoms with Gasteiger partial charge in [0.15, 0.2) is 11.5 Å². The van der Waals surface area contributed by atoms with Crippen molar-refractivity contribution in [3.05, 3.63) is 75.7 Å². The lowest BCUT2D eigenvalue weighted by Gasteiger charge is -2.10. The summed E-state index contributed by atoms with van der Waals surface area (Å²) < 4.78 is 8.15. The van der Waals surface area contributed by atoms with E-state index in [1.807, 2.05) is 43.3 Å². The normalized spacial score (nSPS) is 11.1. The van der Waals surface area contributed by atoms with Gasteiger partial charge in [-0.25, -0.2) is 18.7 Å². The van der Waals surface area contributed by atoms with Crippen LogP contribution in [0.1, 0.15) is 36.0 Å². The van der Waals surface area contributed by atoms with Crippen LogP contribution in [-0.2, 0) is 19.5 Å². The lowest BCUT2D eigenvalue weighted by Crippen LogP contribution is -2.21. The number of rotatable bonds is 8. The summed E-state index contributed by atoms with van der Waals surface area (Å²) in [6, 6.07) is 11.7. The lowest BCUT2D eigenvalue weighted by atomic mass is 10.2. The van der Waals surface area contributed by atoms with Crippen molar-refractivity contribution in [3.63, 3.8) is 0 Å². The molecule has 0 aliphatic rings. The van der Waals surface area contributed by atoms with E-state index in [0.717, 1.165) is 29.0 Å². The first kappa shape index (κ1) is 21.9. The first-order chi connectivity index (χ1) is 15.5. The van der Waals surface area contributed by atoms with E-state index < -0.39 is 0 Å². The SMILES string of the molecule is CCCc1nc(NCc2ccc(OC)cc2)c2c(n1)n(Cc1ccc(C)nc1)c(=O)n2S. The number of pyridine rings is 1. The fourth-order valence-corrected chi connectivity index (χ4v) is 3.77. The van der Waals surface area contributed by atoms with Crippen LogP contribution in [0.4, 0.5) is 5.82 Å². The molecular weight excluding hydrogens is 424 g/mol. The third-order valence-corrected chi connectivity index (χ3v) is 5.57. The van der Waals surface area contributed by atoms with Gasteiger partial charge in [-0.1, -0.05) is 37.9 Å². The minimum atomic E-state index is -0.264. The number of anilines is 1. The Kier molecular flexibility index (Phi) is 6.45. The Morgan fingerprint density at radius 1 is 1.09 bits per heavy atom. The first-order valence-electron chi connectivity index (χ1n) is 10.5. The highest BCUT2D eigenvalue weighted by atomic mass is 32.1. The number of benzene rings is 1. The largest absolute Gasteiger partial charge is 0.497 e. The van der Waals surface area contributed by atoms with Crippen LogP contribution in [-0.4, -0.2) is 30.6 Å². The summed E-state index contributed by atoms with van der Waals surface area (Å²) in [6.45, 7) is 4.90. The van der Waals surface area contributed by atoms with Crippen LogP contribution in [0.25, 0.3) is 11.2 Å². The van der Waals surface area contributed by atoms with Gasteiger partial charge in [0.05, 0.1) is 13.7 Å². The second-order valence-corrected chi connectivity index (χ2v) is 8.00. The zero-order valence-electron chi connectivity index (χ0n) is 18.4. The molecule has 0 radical (unpaired) electrons. The van der Waals surface area contributed by atoms with Crippen molar-refractivity contribution in [1.29, 1.82) is 0 Å². The standard InChI is InChI=1S/C23H26N6O2S/c1-4-5-19-26-21(25-12-16-8-10-18(31-3)11-9-16)20-22(27-19)28(23(30)29(20)32)14-17-7-6-15(2)24-13-17/h6-11,13,32H,4-5,12,14H2,1-3H3,(H,25,26,27). The number of thiol groups is 1. The number of aryl methyl sites for hydroxylation is 2. The zero-order valence-corrected chi connectivity index (χ0v) is 19.3. The van der Waals surface area contributed by atoms with E-state index in [1.54, 1.807) is 17.9 Å². The van der Waals surface area contributed by atoms with E-state index in [2.05, 4.69) is 30.0 Å². The van der Waals surface area contributed by atoms with Crippen LogP contribution in [0.2, 0.25) is 0 Å². The van der Waals surface area contributed by atoms with Gasteiger partial charge in [-0.2, -0.15) is 0 Å². The molecule has 4 aromatic rings. The van der Waals surface area contributed by atoms with Crippen LogP contribution >= 0.6 is 12.8 Å². The smallest absolute Gasteiger partial charge is 0.340 e. The Hall–Kier alpha value is -3.33. The van der Waals surface area contributed by atoms with Crippen molar-refractivity contribution < 1.29 is 4.74 Å². The summed E-state index contributed by atoms with van der Waals surface area (Å²) in [5.74, 6) is 2.07. The zero-order chi connectivity index (χ0) is 22.7. The van der Waals surface area contributed by atoms with Gasteiger partial charge in [0, 0.05) is 24.9 Å². The minimum Gasteiger partial charge on any atom is -0.497 e. The average molecular weight is 451 g/mol. The molecule has 9 heteroatoms. The maximum Gasteiger partial charge on any atom is 0.340 e. The fourth-order valence-electron chi connectivity index (χ4n) is 3.48. The number of imidazole rings is 1. The molecule has 0 atom stereocenters. The molecule has 0 saturated carbocycles. The van der Waals surface area contributed by atoms with E-state index in [9.17, 15) is 4.79 Å². The summed E-state index contributed by atoms with van der Waals surface area (Å²) in [6.07, 6.45) is 3.39. The van der Waals surface area contributed by atoms with Crippen LogP contribution in [0, 0.1) is 6.92 Å². The van der Waals surface area contributed by atoms with Gasteiger partial charge in [0.2, 0.25) is 0 Å². The average Bonchev–Trinajstić information content (AvgIpc) is 3.04. The number of methoxy groups -OCH3 is 1. The molecule has 8 nitrogen and oxygen atoms in total. The Morgan fingerprint density at radius 2 is 1.84 bits per heavy atom. The van der Waals surface area contributed by atoms with Crippen molar-refractivity contribution in [3.8, 4) is 5.75 Å². The summed E-state index contributed by atoms with van der Waals surface area (Å²) in [4.78, 5) is 26.8. The van der Waals surface area contributed by atoms with Gasteiger partial charge in [0.25, 0.3) is 0 Å². The summed E-state index contributed by atoms with van der Waals surface area (Å²) in [7, 11) is 1.64. The first-order valence-corrected chi connectivity index (χ1v) is 10.9. The number of aromatic nitrogens is 5. The van der Waals surface area contributed by atoms with Crippen LogP contribution < -0.4 is 15.7 Å². The molecule has 32 heavy (non-hydrogen) atoms. The number of fused-ring (bicyclic) bond motifs is 1. The molecule has 0 fully saturated rings. The Morgan fingerprint density at radius 3 is 2.50 bits per heavy atom. The van der Waals surface area contributed by atoms with E-state index in [4.69, 9.17) is 14.7 Å². The number of hydrogen-bond acceptors (Lipinski definition) is 7. The van der Waals surface area contributed by atoms with Gasteiger partial charge in [-0.15, -0.1) is 0 Å². The van der Waals surface area contributed by atoms with Crippen LogP contribution in [0.3, 0.4) is 0 Å². The van der Waals surface area contributed by atoms with Gasteiger partial charge in [0.1, 0.15) is 17.1 Å². The predicted molar refractivity (Wildman–Crippen MR) is 129 cm³/mol. The van der Waals surface area contributed by atoms with Crippen molar-refractivity contribution in [2.75, 3.05) is 12.4 Å². The molecule has 0 spiro atoms. The van der Waals surface area contributed by atoms with Gasteiger partial charge in [-0.05, 0) is 42.7 Å². The van der Waals surface area contributed by atoms with Crippen LogP contribution in [0.5, 0.6) is 5.75 Å². The van der Waals surface area contributed by atoms with Crippen LogP contribution in [0.15, 0.2) is 47.4 Å². The summed E-state index contributed by atoms with van der Waals surface area (Å²) in [5, 5.41) is 3.37. The molecule has 3 aromatic heterocycles. The maximum atomic E-state index is 13.0. The van der Waals surface area contributed by atoms with Crippen molar-refractivity contribution in [2.24, 2.45) is 0 Å². The highest BCUT2D eigenvalue weighted by Crippen LogP contribution is 2.23. The molecule has 3 heterocycles. The van der Waals surface area contributed by atoms with Gasteiger partial charge in [-0.3, -0.25) is 9.55 Å². The van der Waals surface area contributed by atoms with E-state index in [0.29, 0.717) is 42.3 Å². The molecule has 0 unspecified atom stereocenters. The molecule has 1 aromatic carbocycles. The minimum absolute atomic E-state index is 0.264. The van der Waals surface area contributed by atoms with Gasteiger partial charge < -0.3 is 10.1 Å². The highest BCUT2D eigenvalue weighted by molar-refractivity contribution is 7.78. The van der Waals surface area contributed by atoms with Crippen molar-refractivity contribution >= 4 is 29.8 Å². The highest BCUT2D eigenvalue weighted by Gasteiger charge is 2.19. The molecule has 0 amide bonds. The van der Waals surface area contributed by atoms with E-state index >= 15 is 0 Å². The number of nitrogens with one attached hydrogen (secondary N) is 1. The lowest BCUT2D eigenvalue weighted by molar-refractivity contribution is 0.414. The Bertz CT molecular complexity index is 1280. The number of nitrogens with zero attached hydrogens (tertiary/aromatic N) is 5. The molecule has 0 bridgehead atoms. The quantitative estimate of drug-likeness (QED) is 0.399. The second kappa shape index (κ2) is 9.44. The molecule has 4 rings (SSSR count). The summed E-state index contributed by atoms with van der Waals surface area (Å²) >= 11 is 4.46. The number of hydrogen-bond donors (Lipinski definition) is 2. The second-order valence-electron chi connectivity index (χ2n) is 7.60. The molecule has 0 aliphatic heterocycles. The summed E-state index contributed by atoms with van der Waals surface area (Å²) in [5.41, 5.74) is 3.76. The predicted octanol–water partition coefficient (Wildman–Crippen LogP) is 3.61. The molecule has 0 aliphatic carbocycles. The maximum absolute atomic E-state index is 13.0. The van der Waals surface area contributed by atoms with Gasteiger partial charge >= 0.3 is 5.69 Å². The molecular formula is C23H26N6O2S. The van der Waals surface area contributed by atoms with E-state index in [-0.39, 0.29) is 5.69 Å². The Balaban J connectivity index is 1.74. The third kappa shape index (κ3) is 4.47. The van der Waals surface area contributed by atoms with E-state index in [1.165, 1.54) is 3.97 Å². The fraction of sp³-hybridized carbons (Fsp3) is 0.304. The third-order valence-electron chi connectivity index (χ3n) is 5.20. The van der Waals surface area contributed by atoms with Crippen molar-refractivity contribution in [1.82, 2.24) is 23.5 Å². The molecule has 0 saturated heterocycles. The molecule has 1 N–H and O–H groups in total. The molecule has 166 valence electrons. The Labute approximate surface area is 191 Å².